The molecule has 0 aromatic rings. The number of rotatable bonds is 4. The van der Waals surface area contributed by atoms with Crippen LogP contribution in [0.1, 0.15) is 112 Å². The van der Waals surface area contributed by atoms with Crippen LogP contribution in [0.4, 0.5) is 0 Å². The van der Waals surface area contributed by atoms with Gasteiger partial charge in [0.25, 0.3) is 0 Å². The lowest BCUT2D eigenvalue weighted by atomic mass is 9.46. The summed E-state index contributed by atoms with van der Waals surface area (Å²) in [5.41, 5.74) is 5.26. The van der Waals surface area contributed by atoms with E-state index in [1.165, 1.54) is 70.6 Å². The summed E-state index contributed by atoms with van der Waals surface area (Å²) >= 11 is 0. The second-order valence-corrected chi connectivity index (χ2v) is 12.1. The molecule has 4 aliphatic carbocycles. The van der Waals surface area contributed by atoms with Crippen molar-refractivity contribution < 1.29 is 0 Å². The van der Waals surface area contributed by atoms with Gasteiger partial charge in [0.05, 0.1) is 0 Å². The van der Waals surface area contributed by atoms with E-state index in [4.69, 9.17) is 0 Å². The summed E-state index contributed by atoms with van der Waals surface area (Å²) in [6.07, 6.45) is 21.1. The Morgan fingerprint density at radius 3 is 2.61 bits per heavy atom. The minimum absolute atomic E-state index is 0.518. The molecule has 0 aromatic carbocycles. The first-order chi connectivity index (χ1) is 13.3. The van der Waals surface area contributed by atoms with Gasteiger partial charge in [-0.1, -0.05) is 63.8 Å². The molecule has 158 valence electrons. The maximum absolute atomic E-state index is 2.79. The van der Waals surface area contributed by atoms with Crippen molar-refractivity contribution in [3.8, 4) is 0 Å². The van der Waals surface area contributed by atoms with Crippen LogP contribution in [0.5, 0.6) is 0 Å². The Labute approximate surface area is 175 Å². The first-order valence-corrected chi connectivity index (χ1v) is 12.6. The number of hydrogen-bond acceptors (Lipinski definition) is 0. The lowest BCUT2D eigenvalue weighted by Crippen LogP contribution is -2.49. The topological polar surface area (TPSA) is 0 Å². The molecule has 4 rings (SSSR count). The van der Waals surface area contributed by atoms with Crippen molar-refractivity contribution in [3.05, 3.63) is 23.3 Å². The van der Waals surface area contributed by atoms with Gasteiger partial charge in [0, 0.05) is 0 Å². The van der Waals surface area contributed by atoms with E-state index in [9.17, 15) is 0 Å². The van der Waals surface area contributed by atoms with E-state index in [1.54, 1.807) is 5.57 Å². The average Bonchev–Trinajstić information content (AvgIpc) is 3.04. The largest absolute Gasteiger partial charge is 0.0884 e. The van der Waals surface area contributed by atoms with E-state index in [0.29, 0.717) is 16.2 Å². The van der Waals surface area contributed by atoms with Crippen LogP contribution in [0, 0.1) is 39.9 Å². The van der Waals surface area contributed by atoms with Crippen molar-refractivity contribution in [1.82, 2.24) is 0 Å². The van der Waals surface area contributed by atoms with Gasteiger partial charge in [0.15, 0.2) is 0 Å². The van der Waals surface area contributed by atoms with Crippen LogP contribution in [-0.2, 0) is 0 Å². The van der Waals surface area contributed by atoms with Gasteiger partial charge < -0.3 is 0 Å². The molecule has 7 atom stereocenters. The molecule has 0 saturated heterocycles. The van der Waals surface area contributed by atoms with Crippen molar-refractivity contribution in [3.63, 3.8) is 0 Å². The van der Waals surface area contributed by atoms with Gasteiger partial charge in [0.1, 0.15) is 0 Å². The van der Waals surface area contributed by atoms with Gasteiger partial charge in [-0.05, 0) is 112 Å². The summed E-state index contributed by atoms with van der Waals surface area (Å²) in [6.45, 7) is 14.9. The van der Waals surface area contributed by atoms with E-state index >= 15 is 0 Å². The molecule has 5 unspecified atom stereocenters. The van der Waals surface area contributed by atoms with Crippen LogP contribution in [0.3, 0.4) is 0 Å². The third-order valence-electron chi connectivity index (χ3n) is 10.6. The first-order valence-electron chi connectivity index (χ1n) is 12.6. The molecule has 3 saturated carbocycles. The molecule has 0 nitrogen and oxygen atoms in total. The second kappa shape index (κ2) is 7.31. The molecule has 0 heterocycles. The molecule has 0 aliphatic heterocycles. The maximum Gasteiger partial charge on any atom is -0.00849 e. The summed E-state index contributed by atoms with van der Waals surface area (Å²) < 4.78 is 0. The van der Waals surface area contributed by atoms with Crippen LogP contribution in [0.2, 0.25) is 0 Å². The number of fused-ring (bicyclic) bond motifs is 5. The van der Waals surface area contributed by atoms with E-state index in [2.05, 4.69) is 53.7 Å². The van der Waals surface area contributed by atoms with Gasteiger partial charge in [-0.3, -0.25) is 0 Å². The highest BCUT2D eigenvalue weighted by Crippen LogP contribution is 2.67. The van der Waals surface area contributed by atoms with Crippen molar-refractivity contribution in [2.24, 2.45) is 39.9 Å². The van der Waals surface area contributed by atoms with Gasteiger partial charge in [0.2, 0.25) is 0 Å². The number of allylic oxidation sites excluding steroid dienone is 4. The molecular formula is C28H46. The number of hydrogen-bond donors (Lipinski definition) is 0. The molecule has 0 radical (unpaired) electrons. The molecule has 0 aromatic heterocycles. The Bertz CT molecular complexity index is 653. The smallest absolute Gasteiger partial charge is 0.00849 e. The highest BCUT2D eigenvalue weighted by atomic mass is 14.6. The Morgan fingerprint density at radius 1 is 1.11 bits per heavy atom. The highest BCUT2D eigenvalue weighted by molar-refractivity contribution is 5.30. The van der Waals surface area contributed by atoms with Crippen LogP contribution in [-0.4, -0.2) is 0 Å². The van der Waals surface area contributed by atoms with Crippen LogP contribution in [0.25, 0.3) is 0 Å². The normalized spacial score (nSPS) is 48.5. The fourth-order valence-electron chi connectivity index (χ4n) is 8.58. The average molecular weight is 383 g/mol. The summed E-state index contributed by atoms with van der Waals surface area (Å²) in [6, 6.07) is 0. The van der Waals surface area contributed by atoms with Crippen molar-refractivity contribution in [1.29, 1.82) is 0 Å². The molecule has 4 aliphatic rings. The van der Waals surface area contributed by atoms with Gasteiger partial charge in [-0.2, -0.15) is 0 Å². The minimum Gasteiger partial charge on any atom is -0.0884 e. The van der Waals surface area contributed by atoms with Gasteiger partial charge >= 0.3 is 0 Å². The minimum atomic E-state index is 0.518. The summed E-state index contributed by atoms with van der Waals surface area (Å²) in [5.74, 6) is 3.62. The number of unbranched alkanes of at least 4 members (excludes halogenated alkanes) is 1. The third kappa shape index (κ3) is 3.07. The predicted octanol–water partition coefficient (Wildman–Crippen LogP) is 8.73. The Hall–Kier alpha value is -0.520. The first kappa shape index (κ1) is 20.7. The zero-order chi connectivity index (χ0) is 20.2. The van der Waals surface area contributed by atoms with Crippen molar-refractivity contribution in [2.75, 3.05) is 0 Å². The summed E-state index contributed by atoms with van der Waals surface area (Å²) in [7, 11) is 0. The zero-order valence-electron chi connectivity index (χ0n) is 19.7. The Kier molecular flexibility index (Phi) is 5.42. The van der Waals surface area contributed by atoms with Crippen LogP contribution >= 0.6 is 0 Å². The monoisotopic (exact) mass is 382 g/mol. The third-order valence-corrected chi connectivity index (χ3v) is 10.6. The van der Waals surface area contributed by atoms with E-state index in [1.807, 2.05) is 5.57 Å². The van der Waals surface area contributed by atoms with Crippen LogP contribution in [0.15, 0.2) is 23.3 Å². The van der Waals surface area contributed by atoms with Crippen molar-refractivity contribution in [2.45, 2.75) is 112 Å². The summed E-state index contributed by atoms with van der Waals surface area (Å²) in [5, 5.41) is 0. The maximum atomic E-state index is 2.79. The molecule has 0 heteroatoms. The van der Waals surface area contributed by atoms with Gasteiger partial charge in [-0.15, -0.1) is 0 Å². The molecular weight excluding hydrogens is 336 g/mol. The van der Waals surface area contributed by atoms with Crippen molar-refractivity contribution >= 4 is 0 Å². The Balaban J connectivity index is 1.59. The molecule has 0 N–H and O–H groups in total. The lowest BCUT2D eigenvalue weighted by Gasteiger charge is -2.59. The fourth-order valence-corrected chi connectivity index (χ4v) is 8.58. The quantitative estimate of drug-likeness (QED) is 0.426. The Morgan fingerprint density at radius 2 is 1.89 bits per heavy atom. The zero-order valence-corrected chi connectivity index (χ0v) is 19.7. The lowest BCUT2D eigenvalue weighted by molar-refractivity contribution is -0.00945. The highest BCUT2D eigenvalue weighted by Gasteiger charge is 2.58. The molecule has 28 heavy (non-hydrogen) atoms. The molecule has 0 spiro atoms. The van der Waals surface area contributed by atoms with Gasteiger partial charge in [-0.25, -0.2) is 0 Å². The SMILES string of the molecule is C/C=C(\C)C1CC[C@H]2C3CC[C@@H]4CC(C)(CCCC)CCC4(C)C3=CCC12C. The standard InChI is InChI=1S/C28H46/c1-7-9-15-26(4)17-18-27(5)21(19-26)10-11-22-24-13-12-23(20(3)8-2)28(24,6)16-14-25(22)27/h8,14,21-24H,7,9-13,15-19H2,1-6H3/b20-8+/t21-,22?,23?,24+,26?,27?,28?/m1/s1. The second-order valence-electron chi connectivity index (χ2n) is 12.1. The van der Waals surface area contributed by atoms with E-state index in [-0.39, 0.29) is 0 Å². The molecule has 0 bridgehead atoms. The van der Waals surface area contributed by atoms with E-state index in [0.717, 1.165) is 23.7 Å². The molecule has 0 amide bonds. The fraction of sp³-hybridized carbons (Fsp3) is 0.857. The van der Waals surface area contributed by atoms with E-state index < -0.39 is 0 Å². The molecule has 3 fully saturated rings. The summed E-state index contributed by atoms with van der Waals surface area (Å²) in [4.78, 5) is 0. The predicted molar refractivity (Wildman–Crippen MR) is 122 cm³/mol. The van der Waals surface area contributed by atoms with Crippen LogP contribution < -0.4 is 0 Å².